The molecule has 1 aromatic rings. The number of nitrogens with two attached hydrogens (primary N) is 1. The molecule has 1 rings (SSSR count). The molecule has 0 saturated heterocycles. The number of anilines is 1. The van der Waals surface area contributed by atoms with Crippen LogP contribution in [-0.2, 0) is 4.74 Å². The van der Waals surface area contributed by atoms with Gasteiger partial charge in [0.1, 0.15) is 0 Å². The predicted molar refractivity (Wildman–Crippen MR) is 57.5 cm³/mol. The summed E-state index contributed by atoms with van der Waals surface area (Å²) in [6.45, 7) is 2.32. The molecule has 0 aliphatic rings. The molecule has 0 radical (unpaired) electrons. The molecule has 1 atom stereocenters. The monoisotopic (exact) mass is 209 g/mol. The van der Waals surface area contributed by atoms with E-state index in [-0.39, 0.29) is 12.0 Å². The molecule has 0 aromatic carbocycles. The summed E-state index contributed by atoms with van der Waals surface area (Å²) >= 11 is 0. The van der Waals surface area contributed by atoms with Crippen molar-refractivity contribution in [3.05, 3.63) is 24.0 Å². The van der Waals surface area contributed by atoms with Crippen LogP contribution in [0.5, 0.6) is 0 Å². The maximum absolute atomic E-state index is 11.6. The number of amides is 1. The van der Waals surface area contributed by atoms with E-state index in [0.29, 0.717) is 17.8 Å². The number of nitrogens with zero attached hydrogens (tertiary/aromatic N) is 1. The molecule has 0 bridgehead atoms. The highest BCUT2D eigenvalue weighted by atomic mass is 16.5. The fraction of sp³-hybridized carbons (Fsp3) is 0.400. The van der Waals surface area contributed by atoms with Crippen LogP contribution in [0.25, 0.3) is 0 Å². The molecule has 82 valence electrons. The number of rotatable bonds is 4. The number of nitrogen functional groups attached to an aromatic ring is 1. The van der Waals surface area contributed by atoms with Crippen molar-refractivity contribution in [1.82, 2.24) is 10.3 Å². The third-order valence-electron chi connectivity index (χ3n) is 2.05. The maximum Gasteiger partial charge on any atom is 0.255 e. The van der Waals surface area contributed by atoms with E-state index in [9.17, 15) is 4.79 Å². The van der Waals surface area contributed by atoms with Crippen LogP contribution in [-0.4, -0.2) is 30.6 Å². The number of carbonyl (C=O) groups is 1. The van der Waals surface area contributed by atoms with Crippen LogP contribution < -0.4 is 11.1 Å². The number of nitrogens with one attached hydrogen (secondary N) is 1. The van der Waals surface area contributed by atoms with Crippen molar-refractivity contribution < 1.29 is 9.53 Å². The summed E-state index contributed by atoms with van der Waals surface area (Å²) < 4.78 is 5.01. The predicted octanol–water partition coefficient (Wildman–Crippen LogP) is 0.428. The molecule has 1 amide bonds. The van der Waals surface area contributed by atoms with E-state index in [1.807, 2.05) is 6.92 Å². The maximum atomic E-state index is 11.6. The van der Waals surface area contributed by atoms with Crippen molar-refractivity contribution in [3.63, 3.8) is 0 Å². The van der Waals surface area contributed by atoms with Gasteiger partial charge in [-0.25, -0.2) is 0 Å². The van der Waals surface area contributed by atoms with Crippen molar-refractivity contribution in [2.45, 2.75) is 13.0 Å². The molecule has 5 nitrogen and oxygen atoms in total. The Bertz CT molecular complexity index is 341. The number of pyridine rings is 1. The van der Waals surface area contributed by atoms with Gasteiger partial charge >= 0.3 is 0 Å². The van der Waals surface area contributed by atoms with E-state index in [0.717, 1.165) is 0 Å². The standard InChI is InChI=1S/C10H15N3O2/c1-7(15-2)5-13-10(14)8-6-12-4-3-9(8)11/h3-4,6-7H,5H2,1-2H3,(H2,11,12)(H,13,14). The van der Waals surface area contributed by atoms with E-state index < -0.39 is 0 Å². The highest BCUT2D eigenvalue weighted by molar-refractivity contribution is 5.98. The van der Waals surface area contributed by atoms with E-state index in [2.05, 4.69) is 10.3 Å². The average molecular weight is 209 g/mol. The van der Waals surface area contributed by atoms with Gasteiger partial charge in [0.15, 0.2) is 0 Å². The quantitative estimate of drug-likeness (QED) is 0.753. The molecule has 0 fully saturated rings. The molecule has 0 saturated carbocycles. The van der Waals surface area contributed by atoms with Crippen molar-refractivity contribution in [2.24, 2.45) is 0 Å². The second kappa shape index (κ2) is 5.31. The molecule has 5 heteroatoms. The zero-order valence-electron chi connectivity index (χ0n) is 8.86. The zero-order valence-corrected chi connectivity index (χ0v) is 8.86. The minimum Gasteiger partial charge on any atom is -0.398 e. The van der Waals surface area contributed by atoms with Crippen LogP contribution in [0, 0.1) is 0 Å². The summed E-state index contributed by atoms with van der Waals surface area (Å²) in [5.41, 5.74) is 6.44. The van der Waals surface area contributed by atoms with Crippen molar-refractivity contribution in [2.75, 3.05) is 19.4 Å². The molecule has 1 aromatic heterocycles. The number of carbonyl (C=O) groups excluding carboxylic acids is 1. The normalized spacial score (nSPS) is 12.1. The fourth-order valence-corrected chi connectivity index (χ4v) is 1.01. The van der Waals surface area contributed by atoms with Gasteiger partial charge in [-0.05, 0) is 13.0 Å². The molecule has 1 unspecified atom stereocenters. The number of hydrogen-bond acceptors (Lipinski definition) is 4. The summed E-state index contributed by atoms with van der Waals surface area (Å²) in [4.78, 5) is 15.4. The second-order valence-corrected chi connectivity index (χ2v) is 3.22. The summed E-state index contributed by atoms with van der Waals surface area (Å²) in [6.07, 6.45) is 2.97. The highest BCUT2D eigenvalue weighted by Crippen LogP contribution is 2.07. The topological polar surface area (TPSA) is 77.2 Å². The Morgan fingerprint density at radius 1 is 1.73 bits per heavy atom. The Labute approximate surface area is 88.6 Å². The number of aromatic nitrogens is 1. The van der Waals surface area contributed by atoms with Gasteiger partial charge in [0, 0.05) is 31.7 Å². The number of hydrogen-bond donors (Lipinski definition) is 2. The molecule has 3 N–H and O–H groups in total. The molecule has 1 heterocycles. The lowest BCUT2D eigenvalue weighted by atomic mass is 10.2. The van der Waals surface area contributed by atoms with Crippen LogP contribution >= 0.6 is 0 Å². The molecule has 0 aliphatic carbocycles. The lowest BCUT2D eigenvalue weighted by molar-refractivity contribution is 0.0871. The van der Waals surface area contributed by atoms with Gasteiger partial charge in [-0.3, -0.25) is 9.78 Å². The summed E-state index contributed by atoms with van der Waals surface area (Å²) in [7, 11) is 1.59. The zero-order chi connectivity index (χ0) is 11.3. The third-order valence-corrected chi connectivity index (χ3v) is 2.05. The number of ether oxygens (including phenoxy) is 1. The first-order valence-electron chi connectivity index (χ1n) is 4.65. The molecular formula is C10H15N3O2. The van der Waals surface area contributed by atoms with Crippen molar-refractivity contribution >= 4 is 11.6 Å². The van der Waals surface area contributed by atoms with Crippen LogP contribution in [0.2, 0.25) is 0 Å². The molecule has 0 spiro atoms. The Hall–Kier alpha value is -1.62. The van der Waals surface area contributed by atoms with E-state index in [1.54, 1.807) is 19.4 Å². The van der Waals surface area contributed by atoms with E-state index >= 15 is 0 Å². The summed E-state index contributed by atoms with van der Waals surface area (Å²) in [5.74, 6) is -0.232. The largest absolute Gasteiger partial charge is 0.398 e. The lowest BCUT2D eigenvalue weighted by Crippen LogP contribution is -2.32. The molecule has 0 aliphatic heterocycles. The van der Waals surface area contributed by atoms with Crippen LogP contribution in [0.3, 0.4) is 0 Å². The van der Waals surface area contributed by atoms with Gasteiger partial charge in [0.05, 0.1) is 11.7 Å². The van der Waals surface area contributed by atoms with Crippen LogP contribution in [0.1, 0.15) is 17.3 Å². The summed E-state index contributed by atoms with van der Waals surface area (Å²) in [5, 5.41) is 2.71. The minimum absolute atomic E-state index is 0.0214. The Kier molecular flexibility index (Phi) is 4.05. The lowest BCUT2D eigenvalue weighted by Gasteiger charge is -2.11. The van der Waals surface area contributed by atoms with Gasteiger partial charge in [-0.2, -0.15) is 0 Å². The Morgan fingerprint density at radius 2 is 2.47 bits per heavy atom. The first-order valence-corrected chi connectivity index (χ1v) is 4.65. The fourth-order valence-electron chi connectivity index (χ4n) is 1.01. The van der Waals surface area contributed by atoms with Gasteiger partial charge in [0.2, 0.25) is 0 Å². The van der Waals surface area contributed by atoms with Gasteiger partial charge in [0.25, 0.3) is 5.91 Å². The van der Waals surface area contributed by atoms with Crippen LogP contribution in [0.4, 0.5) is 5.69 Å². The number of methoxy groups -OCH3 is 1. The van der Waals surface area contributed by atoms with Gasteiger partial charge in [-0.15, -0.1) is 0 Å². The van der Waals surface area contributed by atoms with Crippen molar-refractivity contribution in [3.8, 4) is 0 Å². The minimum atomic E-state index is -0.232. The van der Waals surface area contributed by atoms with E-state index in [1.165, 1.54) is 6.20 Å². The highest BCUT2D eigenvalue weighted by Gasteiger charge is 2.10. The second-order valence-electron chi connectivity index (χ2n) is 3.22. The van der Waals surface area contributed by atoms with Gasteiger partial charge < -0.3 is 15.8 Å². The first-order chi connectivity index (χ1) is 7.15. The molecular weight excluding hydrogens is 194 g/mol. The SMILES string of the molecule is COC(C)CNC(=O)c1cnccc1N. The Balaban J connectivity index is 2.58. The van der Waals surface area contributed by atoms with Gasteiger partial charge in [-0.1, -0.05) is 0 Å². The van der Waals surface area contributed by atoms with Crippen LogP contribution in [0.15, 0.2) is 18.5 Å². The third kappa shape index (κ3) is 3.21. The smallest absolute Gasteiger partial charge is 0.255 e. The van der Waals surface area contributed by atoms with Crippen molar-refractivity contribution in [1.29, 1.82) is 0 Å². The van der Waals surface area contributed by atoms with E-state index in [4.69, 9.17) is 10.5 Å². The Morgan fingerprint density at radius 3 is 3.07 bits per heavy atom. The molecule has 15 heavy (non-hydrogen) atoms. The first kappa shape index (κ1) is 11.5. The summed E-state index contributed by atoms with van der Waals surface area (Å²) in [6, 6.07) is 1.59. The average Bonchev–Trinajstić information content (AvgIpc) is 2.26.